The molecule has 0 heterocycles. The van der Waals surface area contributed by atoms with Crippen LogP contribution in [0.15, 0.2) is 24.3 Å². The van der Waals surface area contributed by atoms with Crippen molar-refractivity contribution >= 4 is 23.6 Å². The number of aryl methyl sites for hydroxylation is 1. The first-order chi connectivity index (χ1) is 8.68. The predicted octanol–water partition coefficient (Wildman–Crippen LogP) is 3.08. The third-order valence-electron chi connectivity index (χ3n) is 2.46. The zero-order chi connectivity index (χ0) is 14.6. The molecule has 0 aliphatic heterocycles. The first-order valence-electron chi connectivity index (χ1n) is 6.02. The van der Waals surface area contributed by atoms with Gasteiger partial charge in [-0.2, -0.15) is 0 Å². The van der Waals surface area contributed by atoms with E-state index >= 15 is 0 Å². The lowest BCUT2D eigenvalue weighted by atomic mass is 9.95. The highest BCUT2D eigenvalue weighted by Crippen LogP contribution is 2.20. The van der Waals surface area contributed by atoms with E-state index in [1.165, 1.54) is 6.08 Å². The number of nitrogens with one attached hydrogen (secondary N) is 1. The van der Waals surface area contributed by atoms with Crippen molar-refractivity contribution in [3.05, 3.63) is 35.4 Å². The molecule has 0 saturated heterocycles. The highest BCUT2D eigenvalue weighted by atomic mass is 16.4. The minimum absolute atomic E-state index is 0.0775. The van der Waals surface area contributed by atoms with Crippen LogP contribution < -0.4 is 5.32 Å². The topological polar surface area (TPSA) is 66.4 Å². The zero-order valence-corrected chi connectivity index (χ0v) is 11.7. The molecule has 1 aromatic carbocycles. The van der Waals surface area contributed by atoms with Crippen LogP contribution in [0.2, 0.25) is 0 Å². The highest BCUT2D eigenvalue weighted by Gasteiger charge is 2.21. The Kier molecular flexibility index (Phi) is 4.48. The van der Waals surface area contributed by atoms with E-state index in [9.17, 15) is 9.59 Å². The quantitative estimate of drug-likeness (QED) is 0.822. The van der Waals surface area contributed by atoms with Gasteiger partial charge in [0.25, 0.3) is 0 Å². The van der Waals surface area contributed by atoms with Crippen molar-refractivity contribution in [1.29, 1.82) is 0 Å². The summed E-state index contributed by atoms with van der Waals surface area (Å²) < 4.78 is 0. The Labute approximate surface area is 113 Å². The van der Waals surface area contributed by atoms with Crippen LogP contribution in [0.1, 0.15) is 31.9 Å². The minimum Gasteiger partial charge on any atom is -0.478 e. The van der Waals surface area contributed by atoms with Gasteiger partial charge in [0.1, 0.15) is 0 Å². The first kappa shape index (κ1) is 15.0. The predicted molar refractivity (Wildman–Crippen MR) is 75.9 cm³/mol. The number of amides is 1. The van der Waals surface area contributed by atoms with Gasteiger partial charge in [-0.05, 0) is 36.3 Å². The number of rotatable bonds is 3. The van der Waals surface area contributed by atoms with Crippen LogP contribution in [0.5, 0.6) is 0 Å². The molecule has 0 aliphatic rings. The number of carboxylic acids is 1. The summed E-state index contributed by atoms with van der Waals surface area (Å²) in [5.41, 5.74) is 1.90. The van der Waals surface area contributed by atoms with Crippen molar-refractivity contribution in [3.8, 4) is 0 Å². The third-order valence-corrected chi connectivity index (χ3v) is 2.46. The standard InChI is InChI=1S/C15H19NO3/c1-10-7-11(5-6-13(17)18)9-12(8-10)16-14(19)15(2,3)4/h5-9H,1-4H3,(H,16,19)(H,17,18)/b6-5+. The zero-order valence-electron chi connectivity index (χ0n) is 11.7. The molecule has 2 N–H and O–H groups in total. The van der Waals surface area contributed by atoms with Crippen LogP contribution in [0.25, 0.3) is 6.08 Å². The molecular weight excluding hydrogens is 242 g/mol. The van der Waals surface area contributed by atoms with Gasteiger partial charge in [-0.3, -0.25) is 4.79 Å². The van der Waals surface area contributed by atoms with Gasteiger partial charge in [0.2, 0.25) is 5.91 Å². The van der Waals surface area contributed by atoms with Gasteiger partial charge in [0.05, 0.1) is 0 Å². The molecule has 0 spiro atoms. The van der Waals surface area contributed by atoms with Crippen LogP contribution in [-0.2, 0) is 9.59 Å². The first-order valence-corrected chi connectivity index (χ1v) is 6.02. The van der Waals surface area contributed by atoms with E-state index in [0.29, 0.717) is 5.69 Å². The Morgan fingerprint density at radius 3 is 2.37 bits per heavy atom. The normalized spacial score (nSPS) is 11.6. The monoisotopic (exact) mass is 261 g/mol. The number of anilines is 1. The Balaban J connectivity index is 2.97. The molecule has 4 heteroatoms. The van der Waals surface area contributed by atoms with Crippen molar-refractivity contribution in [3.63, 3.8) is 0 Å². The summed E-state index contributed by atoms with van der Waals surface area (Å²) in [5, 5.41) is 11.4. The van der Waals surface area contributed by atoms with Crippen LogP contribution >= 0.6 is 0 Å². The van der Waals surface area contributed by atoms with Crippen molar-refractivity contribution in [1.82, 2.24) is 0 Å². The molecular formula is C15H19NO3. The Morgan fingerprint density at radius 1 is 1.21 bits per heavy atom. The molecule has 0 atom stereocenters. The number of carbonyl (C=O) groups is 2. The average molecular weight is 261 g/mol. The molecule has 4 nitrogen and oxygen atoms in total. The Hall–Kier alpha value is -2.10. The smallest absolute Gasteiger partial charge is 0.328 e. The molecule has 102 valence electrons. The molecule has 0 fully saturated rings. The minimum atomic E-state index is -0.998. The molecule has 0 unspecified atom stereocenters. The van der Waals surface area contributed by atoms with Gasteiger partial charge < -0.3 is 10.4 Å². The van der Waals surface area contributed by atoms with Gasteiger partial charge in [-0.1, -0.05) is 26.8 Å². The fourth-order valence-corrected chi connectivity index (χ4v) is 1.47. The lowest BCUT2D eigenvalue weighted by molar-refractivity contribution is -0.131. The maximum Gasteiger partial charge on any atom is 0.328 e. The Morgan fingerprint density at radius 2 is 1.84 bits per heavy atom. The largest absolute Gasteiger partial charge is 0.478 e. The van der Waals surface area contributed by atoms with Gasteiger partial charge >= 0.3 is 5.97 Å². The van der Waals surface area contributed by atoms with Gasteiger partial charge in [0, 0.05) is 17.2 Å². The fourth-order valence-electron chi connectivity index (χ4n) is 1.47. The van der Waals surface area contributed by atoms with Crippen molar-refractivity contribution in [2.45, 2.75) is 27.7 Å². The molecule has 0 aromatic heterocycles. The third kappa shape index (κ3) is 4.95. The highest BCUT2D eigenvalue weighted by molar-refractivity contribution is 5.95. The molecule has 0 radical (unpaired) electrons. The van der Waals surface area contributed by atoms with E-state index in [1.54, 1.807) is 6.07 Å². The molecule has 1 amide bonds. The van der Waals surface area contributed by atoms with Gasteiger partial charge in [-0.15, -0.1) is 0 Å². The maximum absolute atomic E-state index is 11.9. The number of carbonyl (C=O) groups excluding carboxylic acids is 1. The number of carboxylic acid groups (broad SMARTS) is 1. The summed E-state index contributed by atoms with van der Waals surface area (Å²) in [6, 6.07) is 5.45. The van der Waals surface area contributed by atoms with Crippen LogP contribution in [0.3, 0.4) is 0 Å². The van der Waals surface area contributed by atoms with E-state index in [4.69, 9.17) is 5.11 Å². The number of benzene rings is 1. The van der Waals surface area contributed by atoms with Crippen molar-refractivity contribution in [2.24, 2.45) is 5.41 Å². The summed E-state index contributed by atoms with van der Waals surface area (Å²) in [7, 11) is 0. The summed E-state index contributed by atoms with van der Waals surface area (Å²) in [4.78, 5) is 22.4. The SMILES string of the molecule is Cc1cc(/C=C/C(=O)O)cc(NC(=O)C(C)(C)C)c1. The number of hydrogen-bond donors (Lipinski definition) is 2. The van der Waals surface area contributed by atoms with Crippen LogP contribution in [0, 0.1) is 12.3 Å². The van der Waals surface area contributed by atoms with Gasteiger partial charge in [0.15, 0.2) is 0 Å². The molecule has 0 saturated carbocycles. The van der Waals surface area contributed by atoms with Crippen LogP contribution in [-0.4, -0.2) is 17.0 Å². The second kappa shape index (κ2) is 5.69. The number of hydrogen-bond acceptors (Lipinski definition) is 2. The summed E-state index contributed by atoms with van der Waals surface area (Å²) in [5.74, 6) is -1.08. The van der Waals surface area contributed by atoms with E-state index < -0.39 is 11.4 Å². The van der Waals surface area contributed by atoms with Crippen molar-refractivity contribution in [2.75, 3.05) is 5.32 Å². The number of aliphatic carboxylic acids is 1. The molecule has 1 rings (SSSR count). The van der Waals surface area contributed by atoms with Crippen molar-refractivity contribution < 1.29 is 14.7 Å². The second-order valence-corrected chi connectivity index (χ2v) is 5.51. The summed E-state index contributed by atoms with van der Waals surface area (Å²) in [6.07, 6.45) is 2.58. The Bertz CT molecular complexity index is 525. The average Bonchev–Trinajstić information content (AvgIpc) is 2.24. The van der Waals surface area contributed by atoms with E-state index in [0.717, 1.165) is 17.2 Å². The molecule has 0 bridgehead atoms. The van der Waals surface area contributed by atoms with Crippen LogP contribution in [0.4, 0.5) is 5.69 Å². The lowest BCUT2D eigenvalue weighted by Crippen LogP contribution is -2.27. The summed E-state index contributed by atoms with van der Waals surface area (Å²) in [6.45, 7) is 7.40. The molecule has 19 heavy (non-hydrogen) atoms. The fraction of sp³-hybridized carbons (Fsp3) is 0.333. The molecule has 0 aliphatic carbocycles. The molecule has 1 aromatic rings. The summed E-state index contributed by atoms with van der Waals surface area (Å²) >= 11 is 0. The van der Waals surface area contributed by atoms with E-state index in [2.05, 4.69) is 5.32 Å². The van der Waals surface area contributed by atoms with E-state index in [1.807, 2.05) is 39.8 Å². The van der Waals surface area contributed by atoms with E-state index in [-0.39, 0.29) is 5.91 Å². The van der Waals surface area contributed by atoms with Gasteiger partial charge in [-0.25, -0.2) is 4.79 Å². The second-order valence-electron chi connectivity index (χ2n) is 5.51. The maximum atomic E-state index is 11.9. The lowest BCUT2D eigenvalue weighted by Gasteiger charge is -2.18.